The van der Waals surface area contributed by atoms with Crippen molar-refractivity contribution in [2.75, 3.05) is 16.8 Å². The van der Waals surface area contributed by atoms with Crippen LogP contribution in [0.3, 0.4) is 0 Å². The molecule has 2 N–H and O–H groups in total. The number of para-hydroxylation sites is 1. The maximum absolute atomic E-state index is 12.5. The minimum atomic E-state index is -4.69. The van der Waals surface area contributed by atoms with Gasteiger partial charge in [-0.2, -0.15) is 18.2 Å². The Bertz CT molecular complexity index is 823. The highest BCUT2D eigenvalue weighted by molar-refractivity contribution is 6.33. The van der Waals surface area contributed by atoms with Crippen LogP contribution in [0.1, 0.15) is 12.2 Å². The van der Waals surface area contributed by atoms with Crippen molar-refractivity contribution in [3.05, 3.63) is 35.1 Å². The van der Waals surface area contributed by atoms with Crippen molar-refractivity contribution in [1.82, 2.24) is 15.2 Å². The van der Waals surface area contributed by atoms with E-state index in [-0.39, 0.29) is 18.9 Å². The van der Waals surface area contributed by atoms with Gasteiger partial charge in [0, 0.05) is 13.0 Å². The first-order chi connectivity index (χ1) is 11.8. The van der Waals surface area contributed by atoms with Crippen molar-refractivity contribution in [3.8, 4) is 0 Å². The topological polar surface area (TPSA) is 91.0 Å². The summed E-state index contributed by atoms with van der Waals surface area (Å²) in [6.45, 7) is 0.0605. The van der Waals surface area contributed by atoms with Gasteiger partial charge in [0.05, 0.1) is 16.6 Å². The molecular weight excluding hydrogens is 363 g/mol. The molecule has 1 aromatic heterocycles. The van der Waals surface area contributed by atoms with Gasteiger partial charge in [0.1, 0.15) is 0 Å². The van der Waals surface area contributed by atoms with E-state index in [2.05, 4.69) is 15.4 Å². The number of halogens is 4. The molecule has 1 fully saturated rings. The number of hydrogen-bond donors (Lipinski definition) is 2. The van der Waals surface area contributed by atoms with Gasteiger partial charge in [-0.25, -0.2) is 0 Å². The number of alkyl halides is 3. The van der Waals surface area contributed by atoms with Crippen molar-refractivity contribution >= 4 is 35.1 Å². The van der Waals surface area contributed by atoms with Crippen molar-refractivity contribution in [1.29, 1.82) is 0 Å². The number of H-pyrrole nitrogens is 1. The first-order valence-corrected chi connectivity index (χ1v) is 7.49. The summed E-state index contributed by atoms with van der Waals surface area (Å²) < 4.78 is 37.4. The number of rotatable bonds is 3. The van der Waals surface area contributed by atoms with E-state index in [1.807, 2.05) is 0 Å². The van der Waals surface area contributed by atoms with E-state index >= 15 is 0 Å². The molecule has 0 saturated carbocycles. The van der Waals surface area contributed by atoms with Crippen LogP contribution < -0.4 is 10.2 Å². The molecule has 11 heteroatoms. The molecule has 1 aliphatic heterocycles. The lowest BCUT2D eigenvalue weighted by Crippen LogP contribution is -2.28. The molecule has 0 bridgehead atoms. The van der Waals surface area contributed by atoms with E-state index in [1.165, 1.54) is 4.90 Å². The fourth-order valence-corrected chi connectivity index (χ4v) is 2.68. The zero-order chi connectivity index (χ0) is 18.2. The van der Waals surface area contributed by atoms with E-state index in [1.54, 1.807) is 29.4 Å². The van der Waals surface area contributed by atoms with Crippen molar-refractivity contribution in [2.24, 2.45) is 5.92 Å². The van der Waals surface area contributed by atoms with Gasteiger partial charge in [-0.15, -0.1) is 5.10 Å². The van der Waals surface area contributed by atoms with Gasteiger partial charge >= 0.3 is 6.18 Å². The number of anilines is 2. The zero-order valence-corrected chi connectivity index (χ0v) is 13.2. The van der Waals surface area contributed by atoms with Crippen LogP contribution >= 0.6 is 11.6 Å². The number of carbonyl (C=O) groups excluding carboxylic acids is 2. The number of nitrogens with zero attached hydrogens (tertiary/aromatic N) is 3. The molecule has 0 radical (unpaired) electrons. The van der Waals surface area contributed by atoms with Gasteiger partial charge < -0.3 is 4.90 Å². The van der Waals surface area contributed by atoms with Gasteiger partial charge in [0.25, 0.3) is 0 Å². The highest BCUT2D eigenvalue weighted by atomic mass is 35.5. The lowest BCUT2D eigenvalue weighted by molar-refractivity contribution is -0.144. The highest BCUT2D eigenvalue weighted by Crippen LogP contribution is 2.31. The Morgan fingerprint density at radius 1 is 1.36 bits per heavy atom. The Morgan fingerprint density at radius 3 is 2.72 bits per heavy atom. The predicted molar refractivity (Wildman–Crippen MR) is 81.9 cm³/mol. The summed E-state index contributed by atoms with van der Waals surface area (Å²) in [6, 6.07) is 6.67. The molecule has 7 nitrogen and oxygen atoms in total. The summed E-state index contributed by atoms with van der Waals surface area (Å²) in [7, 11) is 0. The second-order valence-corrected chi connectivity index (χ2v) is 5.76. The van der Waals surface area contributed by atoms with E-state index in [0.29, 0.717) is 10.7 Å². The second-order valence-electron chi connectivity index (χ2n) is 5.35. The molecule has 1 unspecified atom stereocenters. The van der Waals surface area contributed by atoms with Gasteiger partial charge in [-0.1, -0.05) is 23.7 Å². The van der Waals surface area contributed by atoms with Crippen LogP contribution in [0.15, 0.2) is 24.3 Å². The zero-order valence-electron chi connectivity index (χ0n) is 12.5. The van der Waals surface area contributed by atoms with Crippen molar-refractivity contribution in [2.45, 2.75) is 12.6 Å². The van der Waals surface area contributed by atoms with Crippen LogP contribution in [-0.2, 0) is 15.8 Å². The Morgan fingerprint density at radius 2 is 2.08 bits per heavy atom. The number of carbonyl (C=O) groups is 2. The third-order valence-corrected chi connectivity index (χ3v) is 3.95. The summed E-state index contributed by atoms with van der Waals surface area (Å²) in [5.41, 5.74) is 0.474. The Hall–Kier alpha value is -2.62. The fourth-order valence-electron chi connectivity index (χ4n) is 2.44. The smallest absolute Gasteiger partial charge is 0.310 e. The molecular formula is C14H11ClF3N5O2. The maximum atomic E-state index is 12.5. The summed E-state index contributed by atoms with van der Waals surface area (Å²) in [4.78, 5) is 28.8. The predicted octanol–water partition coefficient (Wildman–Crippen LogP) is 2.47. The van der Waals surface area contributed by atoms with Crippen molar-refractivity contribution < 1.29 is 22.8 Å². The Kier molecular flexibility index (Phi) is 4.38. The van der Waals surface area contributed by atoms with Crippen LogP contribution in [0.5, 0.6) is 0 Å². The molecule has 3 rings (SSSR count). The van der Waals surface area contributed by atoms with E-state index in [4.69, 9.17) is 11.6 Å². The lowest BCUT2D eigenvalue weighted by Gasteiger charge is -2.17. The quantitative estimate of drug-likeness (QED) is 0.864. The van der Waals surface area contributed by atoms with E-state index in [9.17, 15) is 22.8 Å². The van der Waals surface area contributed by atoms with Gasteiger partial charge in [-0.3, -0.25) is 20.0 Å². The summed E-state index contributed by atoms with van der Waals surface area (Å²) in [5.74, 6) is -3.52. The van der Waals surface area contributed by atoms with Crippen LogP contribution in [-0.4, -0.2) is 33.5 Å². The maximum Gasteiger partial charge on any atom is 0.451 e. The number of nitrogens with one attached hydrogen (secondary N) is 2. The first kappa shape index (κ1) is 17.2. The van der Waals surface area contributed by atoms with Gasteiger partial charge in [0.15, 0.2) is 0 Å². The number of hydrogen-bond acceptors (Lipinski definition) is 4. The third kappa shape index (κ3) is 3.58. The molecule has 0 aliphatic carbocycles. The summed E-state index contributed by atoms with van der Waals surface area (Å²) >= 11 is 6.05. The van der Waals surface area contributed by atoms with Crippen molar-refractivity contribution in [3.63, 3.8) is 0 Å². The molecule has 2 heterocycles. The lowest BCUT2D eigenvalue weighted by atomic mass is 10.1. The van der Waals surface area contributed by atoms with E-state index in [0.717, 1.165) is 0 Å². The fraction of sp³-hybridized carbons (Fsp3) is 0.286. The SMILES string of the molecule is O=C(Nc1n[nH]c(C(F)(F)F)n1)C1CC(=O)N(c2ccccc2Cl)C1. The molecule has 0 spiro atoms. The summed E-state index contributed by atoms with van der Waals surface area (Å²) in [5, 5.41) is 7.53. The average Bonchev–Trinajstić information content (AvgIpc) is 3.14. The highest BCUT2D eigenvalue weighted by Gasteiger charge is 2.38. The third-order valence-electron chi connectivity index (χ3n) is 3.63. The minimum absolute atomic E-state index is 0.0605. The Labute approximate surface area is 144 Å². The van der Waals surface area contributed by atoms with E-state index < -0.39 is 29.8 Å². The first-order valence-electron chi connectivity index (χ1n) is 7.11. The second kappa shape index (κ2) is 6.36. The largest absolute Gasteiger partial charge is 0.451 e. The standard InChI is InChI=1S/C14H11ClF3N5O2/c15-8-3-1-2-4-9(8)23-6-7(5-10(23)24)11(25)19-13-20-12(21-22-13)14(16,17)18/h1-4,7H,5-6H2,(H2,19,20,21,22,25). The van der Waals surface area contributed by atoms with Gasteiger partial charge in [-0.05, 0) is 12.1 Å². The number of aromatic amines is 1. The molecule has 2 amide bonds. The molecule has 25 heavy (non-hydrogen) atoms. The molecule has 2 aromatic rings. The van der Waals surface area contributed by atoms with Crippen LogP contribution in [0, 0.1) is 5.92 Å². The van der Waals surface area contributed by atoms with Crippen LogP contribution in [0.25, 0.3) is 0 Å². The van der Waals surface area contributed by atoms with Gasteiger partial charge in [0.2, 0.25) is 23.6 Å². The number of aromatic nitrogens is 3. The molecule has 132 valence electrons. The van der Waals surface area contributed by atoms with Crippen LogP contribution in [0.2, 0.25) is 5.02 Å². The summed E-state index contributed by atoms with van der Waals surface area (Å²) in [6.07, 6.45) is -4.78. The molecule has 1 saturated heterocycles. The average molecular weight is 374 g/mol. The van der Waals surface area contributed by atoms with Crippen LogP contribution in [0.4, 0.5) is 24.8 Å². The number of benzene rings is 1. The monoisotopic (exact) mass is 373 g/mol. The molecule has 1 aliphatic rings. The number of amides is 2. The normalized spacial score (nSPS) is 17.8. The molecule has 1 aromatic carbocycles. The minimum Gasteiger partial charge on any atom is -0.310 e. The molecule has 1 atom stereocenters. The Balaban J connectivity index is 1.69.